The Morgan fingerprint density at radius 3 is 1.78 bits per heavy atom. The summed E-state index contributed by atoms with van der Waals surface area (Å²) in [5.74, 6) is 0. The molecule has 1 aliphatic rings. The number of aromatic nitrogens is 1. The van der Waals surface area contributed by atoms with Gasteiger partial charge in [-0.25, -0.2) is 0 Å². The van der Waals surface area contributed by atoms with Crippen LogP contribution in [0.15, 0.2) is 227 Å². The van der Waals surface area contributed by atoms with Crippen molar-refractivity contribution in [1.82, 2.24) is 4.57 Å². The van der Waals surface area contributed by atoms with Gasteiger partial charge in [-0.3, -0.25) is 0 Å². The summed E-state index contributed by atoms with van der Waals surface area (Å²) in [6.45, 7) is 4.75. The van der Waals surface area contributed by atoms with Crippen LogP contribution in [-0.4, -0.2) is 4.57 Å². The zero-order chi connectivity index (χ0) is 44.4. The van der Waals surface area contributed by atoms with Crippen molar-refractivity contribution in [1.29, 1.82) is 0 Å². The van der Waals surface area contributed by atoms with E-state index in [2.05, 4.69) is 236 Å². The molecule has 0 spiro atoms. The minimum Gasteiger partial charge on any atom is -0.456 e. The van der Waals surface area contributed by atoms with Crippen LogP contribution in [0.1, 0.15) is 25.0 Å². The molecule has 0 radical (unpaired) electrons. The number of anilines is 3. The van der Waals surface area contributed by atoms with Crippen molar-refractivity contribution in [3.8, 4) is 39.1 Å². The Bertz CT molecular complexity index is 4110. The minimum absolute atomic E-state index is 0.279. The van der Waals surface area contributed by atoms with Gasteiger partial charge in [0.15, 0.2) is 0 Å². The van der Waals surface area contributed by atoms with Crippen LogP contribution in [0.25, 0.3) is 105 Å². The fourth-order valence-electron chi connectivity index (χ4n) is 11.5. The van der Waals surface area contributed by atoms with Gasteiger partial charge in [0, 0.05) is 49.2 Å². The molecule has 13 aromatic rings. The largest absolute Gasteiger partial charge is 0.456 e. The molecule has 14 rings (SSSR count). The van der Waals surface area contributed by atoms with Gasteiger partial charge < -0.3 is 18.3 Å². The van der Waals surface area contributed by atoms with Gasteiger partial charge in [-0.2, -0.15) is 0 Å². The first kappa shape index (κ1) is 37.7. The van der Waals surface area contributed by atoms with Crippen molar-refractivity contribution in [2.45, 2.75) is 19.3 Å². The van der Waals surface area contributed by atoms with E-state index in [1.54, 1.807) is 0 Å². The smallest absolute Gasteiger partial charge is 0.145 e. The number of hydrogen-bond acceptors (Lipinski definition) is 3. The molecule has 4 heteroatoms. The Hall–Kier alpha value is -8.60. The molecule has 0 atom stereocenters. The monoisotopic (exact) mass is 858 g/mol. The zero-order valence-electron chi connectivity index (χ0n) is 37.0. The molecule has 3 aromatic heterocycles. The van der Waals surface area contributed by atoms with E-state index in [-0.39, 0.29) is 5.41 Å². The summed E-state index contributed by atoms with van der Waals surface area (Å²) in [4.78, 5) is 2.50. The summed E-state index contributed by atoms with van der Waals surface area (Å²) < 4.78 is 16.0. The van der Waals surface area contributed by atoms with Crippen LogP contribution < -0.4 is 4.90 Å². The lowest BCUT2D eigenvalue weighted by molar-refractivity contribution is 0.661. The van der Waals surface area contributed by atoms with Crippen LogP contribution in [0.4, 0.5) is 17.1 Å². The van der Waals surface area contributed by atoms with Gasteiger partial charge in [-0.15, -0.1) is 0 Å². The third kappa shape index (κ3) is 5.41. The third-order valence-electron chi connectivity index (χ3n) is 14.4. The highest BCUT2D eigenvalue weighted by molar-refractivity contribution is 6.19. The SMILES string of the molecule is CC1(C)c2ccccc2-c2cccc(N(c3cccc(-c4cccc5oc6ccccc6c45)c3)c3ccc(-c4ccccc4-n4c5ccccc5c5ccccc54)c4oc5ccccc5c34)c21. The Labute approximate surface area is 387 Å². The topological polar surface area (TPSA) is 34.5 Å². The first-order valence-electron chi connectivity index (χ1n) is 23.1. The van der Waals surface area contributed by atoms with Gasteiger partial charge in [-0.1, -0.05) is 166 Å². The predicted octanol–water partition coefficient (Wildman–Crippen LogP) is 17.7. The number of hydrogen-bond donors (Lipinski definition) is 0. The maximum Gasteiger partial charge on any atom is 0.145 e. The number of para-hydroxylation sites is 5. The Morgan fingerprint density at radius 1 is 0.403 bits per heavy atom. The second-order valence-electron chi connectivity index (χ2n) is 18.4. The molecule has 3 heterocycles. The molecular formula is C63H42N2O2. The molecule has 4 nitrogen and oxygen atoms in total. The van der Waals surface area contributed by atoms with Gasteiger partial charge in [-0.05, 0) is 100 Å². The summed E-state index contributed by atoms with van der Waals surface area (Å²) in [7, 11) is 0. The van der Waals surface area contributed by atoms with Crippen molar-refractivity contribution < 1.29 is 8.83 Å². The molecule has 1 aliphatic carbocycles. The minimum atomic E-state index is -0.279. The standard InChI is InChI=1S/C63H42N2O2/c1-63(2)50-28-9-3-20-42(50)46-27-16-32-55(61(46)63)64(40-19-15-18-39(38-40)41-26-17-35-58-59(41)48-24-7-13-33-56(48)66-58)54-37-36-47(62-60(54)49-25-8-14-34-57(49)67-62)45-23-6-12-31-53(45)65-51-29-10-4-21-43(51)44-22-5-11-30-52(44)65/h3-38H,1-2H3. The molecule has 10 aromatic carbocycles. The van der Waals surface area contributed by atoms with Crippen LogP contribution in [0.5, 0.6) is 0 Å². The van der Waals surface area contributed by atoms with E-state index < -0.39 is 0 Å². The van der Waals surface area contributed by atoms with Gasteiger partial charge in [0.2, 0.25) is 0 Å². The van der Waals surface area contributed by atoms with Gasteiger partial charge in [0.1, 0.15) is 22.3 Å². The fourth-order valence-corrected chi connectivity index (χ4v) is 11.5. The molecule has 0 amide bonds. The lowest BCUT2D eigenvalue weighted by Gasteiger charge is -2.33. The Balaban J connectivity index is 1.05. The molecule has 0 saturated carbocycles. The van der Waals surface area contributed by atoms with Crippen LogP contribution in [0, 0.1) is 0 Å². The maximum absolute atomic E-state index is 7.16. The quantitative estimate of drug-likeness (QED) is 0.167. The fraction of sp³-hybridized carbons (Fsp3) is 0.0476. The second-order valence-corrected chi connectivity index (χ2v) is 18.4. The highest BCUT2D eigenvalue weighted by Gasteiger charge is 2.39. The van der Waals surface area contributed by atoms with Crippen molar-refractivity contribution in [2.75, 3.05) is 4.90 Å². The summed E-state index contributed by atoms with van der Waals surface area (Å²) in [6.07, 6.45) is 0. The van der Waals surface area contributed by atoms with E-state index in [0.717, 1.165) is 88.9 Å². The summed E-state index contributed by atoms with van der Waals surface area (Å²) >= 11 is 0. The molecule has 0 N–H and O–H groups in total. The van der Waals surface area contributed by atoms with E-state index in [1.807, 2.05) is 6.07 Å². The average Bonchev–Trinajstić information content (AvgIpc) is 4.12. The Kier molecular flexibility index (Phi) is 8.00. The number of nitrogens with zero attached hydrogens (tertiary/aromatic N) is 2. The summed E-state index contributed by atoms with van der Waals surface area (Å²) in [5.41, 5.74) is 19.4. The van der Waals surface area contributed by atoms with Crippen LogP contribution in [0.2, 0.25) is 0 Å². The predicted molar refractivity (Wildman–Crippen MR) is 278 cm³/mol. The van der Waals surface area contributed by atoms with E-state index in [1.165, 1.54) is 44.1 Å². The first-order valence-corrected chi connectivity index (χ1v) is 23.1. The van der Waals surface area contributed by atoms with E-state index in [4.69, 9.17) is 8.83 Å². The molecule has 0 bridgehead atoms. The number of fused-ring (bicyclic) bond motifs is 12. The molecule has 67 heavy (non-hydrogen) atoms. The average molecular weight is 859 g/mol. The van der Waals surface area contributed by atoms with Crippen LogP contribution >= 0.6 is 0 Å². The molecule has 0 saturated heterocycles. The lowest BCUT2D eigenvalue weighted by atomic mass is 9.81. The maximum atomic E-state index is 7.16. The molecule has 0 unspecified atom stereocenters. The van der Waals surface area contributed by atoms with Crippen LogP contribution in [-0.2, 0) is 5.41 Å². The highest BCUT2D eigenvalue weighted by atomic mass is 16.3. The number of furan rings is 2. The van der Waals surface area contributed by atoms with Crippen molar-refractivity contribution in [3.05, 3.63) is 230 Å². The normalized spacial score (nSPS) is 13.0. The summed E-state index contributed by atoms with van der Waals surface area (Å²) in [6, 6.07) is 78.8. The zero-order valence-corrected chi connectivity index (χ0v) is 37.0. The lowest BCUT2D eigenvalue weighted by Crippen LogP contribution is -2.20. The number of benzene rings is 10. The molecule has 0 fully saturated rings. The molecule has 0 aliphatic heterocycles. The van der Waals surface area contributed by atoms with Crippen LogP contribution in [0.3, 0.4) is 0 Å². The van der Waals surface area contributed by atoms with Gasteiger partial charge in [0.25, 0.3) is 0 Å². The van der Waals surface area contributed by atoms with E-state index in [0.29, 0.717) is 0 Å². The third-order valence-corrected chi connectivity index (χ3v) is 14.4. The second kappa shape index (κ2) is 14.2. The van der Waals surface area contributed by atoms with E-state index in [9.17, 15) is 0 Å². The first-order chi connectivity index (χ1) is 33.0. The summed E-state index contributed by atoms with van der Waals surface area (Å²) in [5, 5.41) is 6.81. The highest BCUT2D eigenvalue weighted by Crippen LogP contribution is 2.56. The van der Waals surface area contributed by atoms with Gasteiger partial charge >= 0.3 is 0 Å². The van der Waals surface area contributed by atoms with Gasteiger partial charge in [0.05, 0.1) is 33.5 Å². The number of rotatable bonds is 6. The van der Waals surface area contributed by atoms with Crippen molar-refractivity contribution in [3.63, 3.8) is 0 Å². The van der Waals surface area contributed by atoms with Crippen molar-refractivity contribution in [2.24, 2.45) is 0 Å². The Morgan fingerprint density at radius 2 is 0.985 bits per heavy atom. The van der Waals surface area contributed by atoms with E-state index >= 15 is 0 Å². The molecular weight excluding hydrogens is 817 g/mol. The molecule has 316 valence electrons. The van der Waals surface area contributed by atoms with Crippen molar-refractivity contribution >= 4 is 82.7 Å².